The van der Waals surface area contributed by atoms with Crippen molar-refractivity contribution in [2.24, 2.45) is 5.92 Å². The number of benzene rings is 1. The van der Waals surface area contributed by atoms with E-state index in [0.717, 1.165) is 6.42 Å². The van der Waals surface area contributed by atoms with Crippen LogP contribution in [0, 0.1) is 9.49 Å². The van der Waals surface area contributed by atoms with Gasteiger partial charge in [-0.2, -0.15) is 0 Å². The van der Waals surface area contributed by atoms with Crippen LogP contribution in [-0.4, -0.2) is 5.78 Å². The molecule has 0 saturated heterocycles. The lowest BCUT2D eigenvalue weighted by molar-refractivity contribution is -0.118. The lowest BCUT2D eigenvalue weighted by Crippen LogP contribution is -1.94. The zero-order chi connectivity index (χ0) is 9.42. The van der Waals surface area contributed by atoms with E-state index in [9.17, 15) is 4.79 Å². The normalized spacial score (nSPS) is 25.7. The highest BCUT2D eigenvalue weighted by molar-refractivity contribution is 14.1. The SMILES string of the molecule is CC(=O)C1CC1c1ccc(I)cc1. The molecular formula is C11H11IO. The number of hydrogen-bond donors (Lipinski definition) is 0. The quantitative estimate of drug-likeness (QED) is 0.764. The van der Waals surface area contributed by atoms with Crippen molar-refractivity contribution in [3.05, 3.63) is 33.4 Å². The lowest BCUT2D eigenvalue weighted by Gasteiger charge is -1.98. The number of carbonyl (C=O) groups excluding carboxylic acids is 1. The number of rotatable bonds is 2. The van der Waals surface area contributed by atoms with Crippen LogP contribution in [0.2, 0.25) is 0 Å². The third-order valence-corrected chi connectivity index (χ3v) is 3.33. The van der Waals surface area contributed by atoms with Gasteiger partial charge < -0.3 is 0 Å². The van der Waals surface area contributed by atoms with Crippen molar-refractivity contribution in [2.45, 2.75) is 19.3 Å². The van der Waals surface area contributed by atoms with Crippen LogP contribution in [0.25, 0.3) is 0 Å². The first-order valence-electron chi connectivity index (χ1n) is 4.44. The van der Waals surface area contributed by atoms with Crippen molar-refractivity contribution < 1.29 is 4.79 Å². The second kappa shape index (κ2) is 3.40. The monoisotopic (exact) mass is 286 g/mol. The van der Waals surface area contributed by atoms with E-state index >= 15 is 0 Å². The van der Waals surface area contributed by atoms with Gasteiger partial charge in [0, 0.05) is 9.49 Å². The Morgan fingerprint density at radius 2 is 2.00 bits per heavy atom. The summed E-state index contributed by atoms with van der Waals surface area (Å²) in [6, 6.07) is 8.47. The topological polar surface area (TPSA) is 17.1 Å². The summed E-state index contributed by atoms with van der Waals surface area (Å²) in [6.45, 7) is 1.69. The van der Waals surface area contributed by atoms with Crippen molar-refractivity contribution in [1.82, 2.24) is 0 Å². The summed E-state index contributed by atoms with van der Waals surface area (Å²) in [5.41, 5.74) is 1.32. The fourth-order valence-corrected chi connectivity index (χ4v) is 2.08. The molecule has 2 atom stereocenters. The van der Waals surface area contributed by atoms with E-state index in [0.29, 0.717) is 17.6 Å². The summed E-state index contributed by atoms with van der Waals surface area (Å²) in [4.78, 5) is 11.1. The van der Waals surface area contributed by atoms with Crippen molar-refractivity contribution >= 4 is 28.4 Å². The Balaban J connectivity index is 2.12. The van der Waals surface area contributed by atoms with Crippen LogP contribution in [0.1, 0.15) is 24.8 Å². The van der Waals surface area contributed by atoms with Crippen LogP contribution in [0.15, 0.2) is 24.3 Å². The standard InChI is InChI=1S/C11H11IO/c1-7(13)10-6-11(10)8-2-4-9(12)5-3-8/h2-5,10-11H,6H2,1H3. The van der Waals surface area contributed by atoms with Crippen LogP contribution >= 0.6 is 22.6 Å². The third-order valence-electron chi connectivity index (χ3n) is 2.61. The molecule has 0 aliphatic heterocycles. The summed E-state index contributed by atoms with van der Waals surface area (Å²) in [6.07, 6.45) is 1.05. The molecule has 13 heavy (non-hydrogen) atoms. The van der Waals surface area contributed by atoms with E-state index < -0.39 is 0 Å². The molecule has 1 fully saturated rings. The van der Waals surface area contributed by atoms with Crippen LogP contribution in [0.5, 0.6) is 0 Å². The predicted molar refractivity (Wildman–Crippen MR) is 60.7 cm³/mol. The number of hydrogen-bond acceptors (Lipinski definition) is 1. The average Bonchev–Trinajstić information content (AvgIpc) is 2.85. The second-order valence-corrected chi connectivity index (χ2v) is 4.86. The number of ketones is 1. The minimum atomic E-state index is 0.306. The minimum absolute atomic E-state index is 0.306. The fourth-order valence-electron chi connectivity index (χ4n) is 1.72. The molecule has 2 unspecified atom stereocenters. The fraction of sp³-hybridized carbons (Fsp3) is 0.364. The summed E-state index contributed by atoms with van der Waals surface area (Å²) >= 11 is 2.29. The van der Waals surface area contributed by atoms with Crippen LogP contribution in [0.4, 0.5) is 0 Å². The highest BCUT2D eigenvalue weighted by Crippen LogP contribution is 2.47. The Hall–Kier alpha value is -0.380. The predicted octanol–water partition coefficient (Wildman–Crippen LogP) is 2.98. The summed E-state index contributed by atoms with van der Waals surface area (Å²) in [5, 5.41) is 0. The van der Waals surface area contributed by atoms with Gasteiger partial charge in [-0.15, -0.1) is 0 Å². The largest absolute Gasteiger partial charge is 0.300 e. The lowest BCUT2D eigenvalue weighted by atomic mass is 10.1. The zero-order valence-corrected chi connectivity index (χ0v) is 9.61. The van der Waals surface area contributed by atoms with Crippen molar-refractivity contribution in [3.63, 3.8) is 0 Å². The van der Waals surface area contributed by atoms with Gasteiger partial charge in [-0.25, -0.2) is 0 Å². The van der Waals surface area contributed by atoms with Gasteiger partial charge in [0.05, 0.1) is 0 Å². The molecule has 2 rings (SSSR count). The highest BCUT2D eigenvalue weighted by Gasteiger charge is 2.41. The van der Waals surface area contributed by atoms with E-state index in [1.165, 1.54) is 9.13 Å². The Kier molecular flexibility index (Phi) is 2.41. The molecule has 0 N–H and O–H groups in total. The van der Waals surface area contributed by atoms with Gasteiger partial charge in [0.1, 0.15) is 5.78 Å². The summed E-state index contributed by atoms with van der Waals surface area (Å²) in [5.74, 6) is 1.15. The first-order valence-corrected chi connectivity index (χ1v) is 5.52. The van der Waals surface area contributed by atoms with Crippen molar-refractivity contribution in [2.75, 3.05) is 0 Å². The van der Waals surface area contributed by atoms with Gasteiger partial charge in [0.2, 0.25) is 0 Å². The Morgan fingerprint density at radius 1 is 1.38 bits per heavy atom. The van der Waals surface area contributed by atoms with Gasteiger partial charge in [0.25, 0.3) is 0 Å². The van der Waals surface area contributed by atoms with Crippen LogP contribution in [0.3, 0.4) is 0 Å². The molecule has 1 nitrogen and oxygen atoms in total. The summed E-state index contributed by atoms with van der Waals surface area (Å²) < 4.78 is 1.25. The van der Waals surface area contributed by atoms with E-state index in [2.05, 4.69) is 46.9 Å². The highest BCUT2D eigenvalue weighted by atomic mass is 127. The molecule has 0 radical (unpaired) electrons. The number of Topliss-reactive ketones (excluding diaryl/α,β-unsaturated/α-hetero) is 1. The van der Waals surface area contributed by atoms with E-state index in [1.54, 1.807) is 6.92 Å². The Labute approximate surface area is 91.7 Å². The smallest absolute Gasteiger partial charge is 0.133 e. The van der Waals surface area contributed by atoms with Gasteiger partial charge in [-0.1, -0.05) is 12.1 Å². The molecule has 1 aromatic carbocycles. The Morgan fingerprint density at radius 3 is 2.46 bits per heavy atom. The molecule has 0 bridgehead atoms. The van der Waals surface area contributed by atoms with Crippen LogP contribution < -0.4 is 0 Å². The van der Waals surface area contributed by atoms with Gasteiger partial charge in [-0.3, -0.25) is 4.79 Å². The van der Waals surface area contributed by atoms with E-state index in [-0.39, 0.29) is 0 Å². The molecule has 2 heteroatoms. The molecule has 0 heterocycles. The maximum Gasteiger partial charge on any atom is 0.133 e. The number of carbonyl (C=O) groups is 1. The zero-order valence-electron chi connectivity index (χ0n) is 7.46. The maximum atomic E-state index is 11.1. The summed E-state index contributed by atoms with van der Waals surface area (Å²) in [7, 11) is 0. The average molecular weight is 286 g/mol. The van der Waals surface area contributed by atoms with Gasteiger partial charge >= 0.3 is 0 Å². The molecule has 1 aromatic rings. The van der Waals surface area contributed by atoms with Crippen molar-refractivity contribution in [1.29, 1.82) is 0 Å². The minimum Gasteiger partial charge on any atom is -0.300 e. The third kappa shape index (κ3) is 1.93. The molecule has 0 amide bonds. The molecule has 1 aliphatic rings. The molecule has 68 valence electrons. The Bertz CT molecular complexity index is 328. The number of halogens is 1. The maximum absolute atomic E-state index is 11.1. The second-order valence-electron chi connectivity index (χ2n) is 3.61. The van der Waals surface area contributed by atoms with Crippen LogP contribution in [-0.2, 0) is 4.79 Å². The van der Waals surface area contributed by atoms with Crippen molar-refractivity contribution in [3.8, 4) is 0 Å². The molecule has 1 aliphatic carbocycles. The molecule has 0 aromatic heterocycles. The first kappa shape index (κ1) is 9.19. The molecule has 0 spiro atoms. The first-order chi connectivity index (χ1) is 6.18. The van der Waals surface area contributed by atoms with Gasteiger partial charge in [-0.05, 0) is 59.5 Å². The van der Waals surface area contributed by atoms with Gasteiger partial charge in [0.15, 0.2) is 0 Å². The van der Waals surface area contributed by atoms with E-state index in [1.807, 2.05) is 0 Å². The van der Waals surface area contributed by atoms with E-state index in [4.69, 9.17) is 0 Å². The molecule has 1 saturated carbocycles. The molecular weight excluding hydrogens is 275 g/mol.